The fraction of sp³-hybridized carbons (Fsp3) is 0.806. The van der Waals surface area contributed by atoms with Crippen LogP contribution in [0.25, 0.3) is 0 Å². The summed E-state index contributed by atoms with van der Waals surface area (Å²) in [5, 5.41) is 0. The predicted molar refractivity (Wildman–Crippen MR) is 203 cm³/mol. The van der Waals surface area contributed by atoms with Gasteiger partial charge >= 0.3 is 0 Å². The summed E-state index contributed by atoms with van der Waals surface area (Å²) in [6.45, 7) is 32.0. The molecule has 0 amide bonds. The number of rotatable bonds is 10. The van der Waals surface area contributed by atoms with Gasteiger partial charge in [0.2, 0.25) is 0 Å². The van der Waals surface area contributed by atoms with Crippen molar-refractivity contribution in [2.24, 2.45) is 22.1 Å². The summed E-state index contributed by atoms with van der Waals surface area (Å²) in [6, 6.07) is 0. The Morgan fingerprint density at radius 2 is 0.844 bits per heavy atom. The van der Waals surface area contributed by atoms with Crippen molar-refractivity contribution in [1.82, 2.24) is 0 Å². The van der Waals surface area contributed by atoms with Crippen molar-refractivity contribution in [3.63, 3.8) is 0 Å². The Hall–Kier alpha value is -2.29. The SMILES string of the molecule is C.C=O.C=O.CC.CCC(C)=O.CCC(C)C(C)=O.CCC(C)C(C)=O.CCCC(C)=O.CCCC(C)C(C)=O.CN=S.[3H]C.[3H]C. The fourth-order valence-electron chi connectivity index (χ4n) is 1.56. The van der Waals surface area contributed by atoms with Crippen molar-refractivity contribution >= 4 is 54.9 Å². The van der Waals surface area contributed by atoms with Crippen molar-refractivity contribution in [3.8, 4) is 0 Å². The maximum absolute atomic E-state index is 10.5. The van der Waals surface area contributed by atoms with Crippen LogP contribution in [0.2, 0.25) is 0 Å². The van der Waals surface area contributed by atoms with E-state index in [1.807, 2.05) is 75.9 Å². The molecule has 8 nitrogen and oxygen atoms in total. The van der Waals surface area contributed by atoms with E-state index in [2.05, 4.69) is 23.7 Å². The molecule has 0 saturated carbocycles. The maximum Gasteiger partial charge on any atom is 0.132 e. The monoisotopic (exact) mass is 676 g/mol. The highest BCUT2D eigenvalue weighted by atomic mass is 32.1. The molecule has 0 spiro atoms. The standard InChI is InChI=1S/C7H14O.2C6H12O.C5H10O.C4H8O.C2H6.CH3NS.2CH2O.3CH4/c1-4-5-6(2)7(3)8;2*1-4-5(2)6(3)7;1-3-4-5(2)6;1-3-4(2)5;1-2;1-2-3;2*1-2;;;/h6H,4-5H2,1-3H3;2*5H,4H2,1-3H3;3-4H2,1-2H3;3H2,1-2H3;1-2H3;1H3;2*1H2;3*1H4/i;;;;;;;;;2*1T;. The molecule has 9 heteroatoms. The van der Waals surface area contributed by atoms with Crippen LogP contribution in [0.4, 0.5) is 0 Å². The normalized spacial score (nSPS) is 9.47. The minimum atomic E-state index is 0. The molecule has 0 N–H and O–H groups in total. The highest BCUT2D eigenvalue weighted by Crippen LogP contribution is 2.04. The van der Waals surface area contributed by atoms with Gasteiger partial charge in [0.05, 0.1) is 0 Å². The van der Waals surface area contributed by atoms with Crippen LogP contribution in [0, 0.1) is 17.8 Å². The molecule has 0 aromatic carbocycles. The van der Waals surface area contributed by atoms with Crippen LogP contribution in [0.5, 0.6) is 0 Å². The molecule has 0 aromatic heterocycles. The third-order valence-corrected chi connectivity index (χ3v) is 5.13. The van der Waals surface area contributed by atoms with Crippen LogP contribution in [0.1, 0.15) is 174 Å². The Labute approximate surface area is 291 Å². The number of Topliss-reactive ketones (excluding diaryl/α,β-unsaturated/α-hetero) is 5. The van der Waals surface area contributed by atoms with E-state index in [9.17, 15) is 24.0 Å². The lowest BCUT2D eigenvalue weighted by Crippen LogP contribution is -2.04. The smallest absolute Gasteiger partial charge is 0.132 e. The van der Waals surface area contributed by atoms with E-state index in [1.165, 1.54) is 14.8 Å². The number of hydrogen-bond acceptors (Lipinski definition) is 9. The average molecular weight is 676 g/mol. The molecule has 0 radical (unpaired) electrons. The van der Waals surface area contributed by atoms with E-state index in [0.717, 1.165) is 38.5 Å². The average Bonchev–Trinajstić information content (AvgIpc) is 3.06. The van der Waals surface area contributed by atoms with Gasteiger partial charge in [-0.05, 0) is 60.3 Å². The molecule has 0 aliphatic heterocycles. The Kier molecular flexibility index (Phi) is 121. The summed E-state index contributed by atoms with van der Waals surface area (Å²) in [7, 11) is 4.06. The number of nitrogens with zero attached hydrogens (tertiary/aromatic N) is 1. The summed E-state index contributed by atoms with van der Waals surface area (Å²) in [6.07, 6.45) is 6.47. The molecule has 0 fully saturated rings. The largest absolute Gasteiger partial charge is 0.307 e. The quantitative estimate of drug-likeness (QED) is 0.223. The molecule has 0 aliphatic carbocycles. The van der Waals surface area contributed by atoms with E-state index >= 15 is 0 Å². The van der Waals surface area contributed by atoms with Gasteiger partial charge in [0.25, 0.3) is 0 Å². The molecule has 0 aliphatic rings. The Balaban J connectivity index is -0.0000000299. The van der Waals surface area contributed by atoms with Crippen molar-refractivity contribution < 1.29 is 36.3 Å². The van der Waals surface area contributed by atoms with Crippen LogP contribution < -0.4 is 0 Å². The summed E-state index contributed by atoms with van der Waals surface area (Å²) in [4.78, 5) is 67.1. The fourth-order valence-corrected chi connectivity index (χ4v) is 1.56. The van der Waals surface area contributed by atoms with Crippen LogP contribution in [0.3, 0.4) is 0 Å². The molecule has 45 heavy (non-hydrogen) atoms. The minimum absolute atomic E-state index is 0. The first-order chi connectivity index (χ1) is 21.5. The lowest BCUT2D eigenvalue weighted by atomic mass is 10.0. The van der Waals surface area contributed by atoms with Gasteiger partial charge in [-0.15, -0.1) is 0 Å². The van der Waals surface area contributed by atoms with Crippen molar-refractivity contribution in [2.75, 3.05) is 7.05 Å². The van der Waals surface area contributed by atoms with E-state index in [0.29, 0.717) is 23.8 Å². The molecule has 278 valence electrons. The van der Waals surface area contributed by atoms with E-state index in [4.69, 9.17) is 12.3 Å². The molecule has 0 aromatic rings. The lowest BCUT2D eigenvalue weighted by molar-refractivity contribution is -0.121. The van der Waals surface area contributed by atoms with Gasteiger partial charge in [-0.25, -0.2) is 4.36 Å². The minimum Gasteiger partial charge on any atom is -0.307 e. The first kappa shape index (κ1) is 69.4. The summed E-state index contributed by atoms with van der Waals surface area (Å²) >= 11 is 4.02. The zero-order valence-corrected chi connectivity index (χ0v) is 33.1. The van der Waals surface area contributed by atoms with Crippen molar-refractivity contribution in [1.29, 1.82) is 0 Å². The topological polar surface area (TPSA) is 132 Å². The van der Waals surface area contributed by atoms with E-state index < -0.39 is 0 Å². The first-order valence-corrected chi connectivity index (χ1v) is 15.2. The number of ketones is 5. The van der Waals surface area contributed by atoms with Gasteiger partial charge < -0.3 is 19.2 Å². The van der Waals surface area contributed by atoms with E-state index in [1.54, 1.807) is 41.7 Å². The molecule has 3 atom stereocenters. The highest BCUT2D eigenvalue weighted by molar-refractivity contribution is 7.47. The highest BCUT2D eigenvalue weighted by Gasteiger charge is 2.03. The molecule has 0 bridgehead atoms. The summed E-state index contributed by atoms with van der Waals surface area (Å²) in [5.74, 6) is 2.25. The Morgan fingerprint density at radius 3 is 0.867 bits per heavy atom. The Morgan fingerprint density at radius 1 is 0.622 bits per heavy atom. The molecular weight excluding hydrogens is 590 g/mol. The van der Waals surface area contributed by atoms with Gasteiger partial charge in [-0.2, -0.15) is 0 Å². The second-order valence-electron chi connectivity index (χ2n) is 8.83. The van der Waals surface area contributed by atoms with Crippen molar-refractivity contribution in [2.45, 2.75) is 171 Å². The van der Waals surface area contributed by atoms with Crippen LogP contribution >= 0.6 is 0 Å². The molecule has 3 unspecified atom stereocenters. The van der Waals surface area contributed by atoms with Crippen LogP contribution in [-0.2, 0) is 46.0 Å². The number of carbonyl (C=O) groups excluding carboxylic acids is 7. The molecule has 0 saturated heterocycles. The van der Waals surface area contributed by atoms with Gasteiger partial charge in [0.1, 0.15) is 42.5 Å². The molecular formula is C36H81NO7S. The molecule has 0 rings (SSSR count). The second-order valence-corrected chi connectivity index (χ2v) is 9.20. The molecule has 0 heterocycles. The first-order valence-electron chi connectivity index (χ1n) is 16.8. The van der Waals surface area contributed by atoms with Crippen molar-refractivity contribution in [3.05, 3.63) is 0 Å². The zero-order valence-electron chi connectivity index (χ0n) is 34.3. The summed E-state index contributed by atoms with van der Waals surface area (Å²) < 4.78 is 14.6. The maximum atomic E-state index is 10.5. The lowest BCUT2D eigenvalue weighted by Gasteiger charge is -2.01. The number of carbonyl (C=O) groups is 7. The third-order valence-electron chi connectivity index (χ3n) is 5.13. The van der Waals surface area contributed by atoms with Crippen LogP contribution in [-0.4, -0.2) is 49.5 Å². The van der Waals surface area contributed by atoms with Gasteiger partial charge in [0, 0.05) is 52.8 Å². The number of hydrogen-bond donors (Lipinski definition) is 0. The Bertz CT molecular complexity index is 588. The van der Waals surface area contributed by atoms with Gasteiger partial charge in [-0.3, -0.25) is 14.4 Å². The van der Waals surface area contributed by atoms with Gasteiger partial charge in [0.15, 0.2) is 0 Å². The second kappa shape index (κ2) is 78.3. The van der Waals surface area contributed by atoms with Gasteiger partial charge in [-0.1, -0.05) is 97.9 Å². The van der Waals surface area contributed by atoms with E-state index in [-0.39, 0.29) is 36.7 Å². The summed E-state index contributed by atoms with van der Waals surface area (Å²) in [5.41, 5.74) is 0. The zero-order chi connectivity index (χ0) is 40.3. The van der Waals surface area contributed by atoms with Crippen LogP contribution in [0.15, 0.2) is 4.36 Å². The predicted octanol–water partition coefficient (Wildman–Crippen LogP) is 10.5. The third kappa shape index (κ3) is 140.